The molecule has 0 unspecified atom stereocenters. The molecule has 7 heavy (non-hydrogen) atoms. The van der Waals surface area contributed by atoms with Crippen LogP contribution in [-0.4, -0.2) is 17.6 Å². The Labute approximate surface area is 41.6 Å². The summed E-state index contributed by atoms with van der Waals surface area (Å²) >= 11 is 0. The monoisotopic (exact) mass is 105 g/mol. The maximum Gasteiger partial charge on any atom is 0.131 e. The van der Waals surface area contributed by atoms with E-state index in [0.29, 0.717) is 6.42 Å². The molecule has 3 heteroatoms. The minimum Gasteiger partial charge on any atom is -0.411 e. The van der Waals surface area contributed by atoms with Crippen molar-refractivity contribution in [2.24, 2.45) is 5.16 Å². The van der Waals surface area contributed by atoms with Gasteiger partial charge in [0.1, 0.15) is 6.67 Å². The number of rotatable bonds is 2. The number of hydrogen-bond acceptors (Lipinski definition) is 2. The molecule has 0 heterocycles. The van der Waals surface area contributed by atoms with Crippen LogP contribution >= 0.6 is 0 Å². The topological polar surface area (TPSA) is 32.6 Å². The molecule has 0 aliphatic heterocycles. The molecule has 0 amide bonds. The molecule has 0 aromatic heterocycles. The fourth-order valence-corrected chi connectivity index (χ4v) is 0.192. The van der Waals surface area contributed by atoms with Gasteiger partial charge in [-0.25, -0.2) is 4.39 Å². The van der Waals surface area contributed by atoms with Crippen molar-refractivity contribution in [3.63, 3.8) is 0 Å². The van der Waals surface area contributed by atoms with E-state index >= 15 is 0 Å². The third-order valence-corrected chi connectivity index (χ3v) is 0.704. The van der Waals surface area contributed by atoms with E-state index in [4.69, 9.17) is 5.21 Å². The van der Waals surface area contributed by atoms with E-state index < -0.39 is 6.67 Å². The molecule has 0 bridgehead atoms. The quantitative estimate of drug-likeness (QED) is 0.319. The van der Waals surface area contributed by atoms with E-state index in [0.717, 1.165) is 0 Å². The molecule has 0 radical (unpaired) electrons. The third kappa shape index (κ3) is 2.14. The van der Waals surface area contributed by atoms with Gasteiger partial charge in [-0.15, -0.1) is 0 Å². The fraction of sp³-hybridized carbons (Fsp3) is 0.750. The lowest BCUT2D eigenvalue weighted by atomic mass is 10.3. The number of hydrogen-bond donors (Lipinski definition) is 1. The Morgan fingerprint density at radius 2 is 2.43 bits per heavy atom. The SMILES string of the molecule is CC/C(CF)=N\O. The molecule has 42 valence electrons. The smallest absolute Gasteiger partial charge is 0.131 e. The number of alkyl halides is 1. The van der Waals surface area contributed by atoms with Crippen LogP contribution in [0, 0.1) is 0 Å². The standard InChI is InChI=1S/C4H8FNO/c1-2-4(3-5)6-7/h7H,2-3H2,1H3/b6-4+. The van der Waals surface area contributed by atoms with E-state index in [2.05, 4.69) is 5.16 Å². The molecular weight excluding hydrogens is 97.0 g/mol. The van der Waals surface area contributed by atoms with Crippen LogP contribution in [0.5, 0.6) is 0 Å². The van der Waals surface area contributed by atoms with Crippen molar-refractivity contribution in [1.82, 2.24) is 0 Å². The predicted molar refractivity (Wildman–Crippen MR) is 25.5 cm³/mol. The first-order chi connectivity index (χ1) is 3.35. The summed E-state index contributed by atoms with van der Waals surface area (Å²) < 4.78 is 11.4. The zero-order chi connectivity index (χ0) is 5.70. The summed E-state index contributed by atoms with van der Waals surface area (Å²) in [6.07, 6.45) is 0.479. The van der Waals surface area contributed by atoms with Crippen molar-refractivity contribution in [3.8, 4) is 0 Å². The molecule has 0 saturated carbocycles. The minimum atomic E-state index is -0.646. The molecule has 0 aliphatic carbocycles. The number of halogens is 1. The second-order valence-corrected chi connectivity index (χ2v) is 1.15. The largest absolute Gasteiger partial charge is 0.411 e. The summed E-state index contributed by atoms with van der Waals surface area (Å²) in [5.74, 6) is 0. The lowest BCUT2D eigenvalue weighted by Gasteiger charge is -1.87. The molecule has 1 N–H and O–H groups in total. The molecule has 0 rings (SSSR count). The first-order valence-corrected chi connectivity index (χ1v) is 2.11. The van der Waals surface area contributed by atoms with E-state index in [9.17, 15) is 4.39 Å². The van der Waals surface area contributed by atoms with E-state index in [-0.39, 0.29) is 5.71 Å². The highest BCUT2D eigenvalue weighted by Gasteiger charge is 1.90. The molecule has 0 fully saturated rings. The van der Waals surface area contributed by atoms with Crippen LogP contribution in [0.1, 0.15) is 13.3 Å². The van der Waals surface area contributed by atoms with Crippen LogP contribution in [0.3, 0.4) is 0 Å². The highest BCUT2D eigenvalue weighted by atomic mass is 19.1. The zero-order valence-electron chi connectivity index (χ0n) is 4.19. The summed E-state index contributed by atoms with van der Waals surface area (Å²) in [6, 6.07) is 0. The Bertz CT molecular complexity index is 66.1. The Kier molecular flexibility index (Phi) is 3.28. The average Bonchev–Trinajstić information content (AvgIpc) is 1.72. The molecule has 0 atom stereocenters. The molecule has 0 aromatic carbocycles. The Morgan fingerprint density at radius 3 is 2.43 bits per heavy atom. The van der Waals surface area contributed by atoms with E-state index in [1.165, 1.54) is 0 Å². The van der Waals surface area contributed by atoms with Crippen molar-refractivity contribution in [3.05, 3.63) is 0 Å². The van der Waals surface area contributed by atoms with Gasteiger partial charge in [0.25, 0.3) is 0 Å². The van der Waals surface area contributed by atoms with Crippen molar-refractivity contribution >= 4 is 5.71 Å². The minimum absolute atomic E-state index is 0.194. The normalized spacial score (nSPS) is 12.0. The van der Waals surface area contributed by atoms with Crippen LogP contribution in [0.15, 0.2) is 5.16 Å². The maximum atomic E-state index is 11.4. The summed E-state index contributed by atoms with van der Waals surface area (Å²) in [5, 5.41) is 10.5. The average molecular weight is 105 g/mol. The first-order valence-electron chi connectivity index (χ1n) is 2.11. The van der Waals surface area contributed by atoms with Crippen molar-refractivity contribution in [2.45, 2.75) is 13.3 Å². The van der Waals surface area contributed by atoms with Crippen LogP contribution in [0.2, 0.25) is 0 Å². The molecule has 2 nitrogen and oxygen atoms in total. The lowest BCUT2D eigenvalue weighted by Crippen LogP contribution is -1.96. The lowest BCUT2D eigenvalue weighted by molar-refractivity contribution is 0.314. The predicted octanol–water partition coefficient (Wildman–Crippen LogP) is 1.20. The number of oxime groups is 1. The van der Waals surface area contributed by atoms with Gasteiger partial charge in [-0.2, -0.15) is 0 Å². The Hall–Kier alpha value is -0.600. The van der Waals surface area contributed by atoms with E-state index in [1.54, 1.807) is 6.92 Å². The number of nitrogens with zero attached hydrogens (tertiary/aromatic N) is 1. The second kappa shape index (κ2) is 3.59. The van der Waals surface area contributed by atoms with Gasteiger partial charge in [-0.05, 0) is 6.42 Å². The van der Waals surface area contributed by atoms with Crippen LogP contribution in [0.25, 0.3) is 0 Å². The van der Waals surface area contributed by atoms with Crippen LogP contribution in [0.4, 0.5) is 4.39 Å². The van der Waals surface area contributed by atoms with E-state index in [1.807, 2.05) is 0 Å². The Morgan fingerprint density at radius 1 is 1.86 bits per heavy atom. The summed E-state index contributed by atoms with van der Waals surface area (Å²) in [7, 11) is 0. The summed E-state index contributed by atoms with van der Waals surface area (Å²) in [4.78, 5) is 0. The summed E-state index contributed by atoms with van der Waals surface area (Å²) in [5.41, 5.74) is 0.194. The van der Waals surface area contributed by atoms with Crippen molar-refractivity contribution in [2.75, 3.05) is 6.67 Å². The van der Waals surface area contributed by atoms with Gasteiger partial charge in [0, 0.05) is 0 Å². The van der Waals surface area contributed by atoms with Gasteiger partial charge in [-0.3, -0.25) is 0 Å². The summed E-state index contributed by atoms with van der Waals surface area (Å²) in [6.45, 7) is 1.08. The van der Waals surface area contributed by atoms with Gasteiger partial charge in [-0.1, -0.05) is 12.1 Å². The van der Waals surface area contributed by atoms with Crippen LogP contribution in [-0.2, 0) is 0 Å². The highest BCUT2D eigenvalue weighted by molar-refractivity contribution is 5.84. The second-order valence-electron chi connectivity index (χ2n) is 1.15. The third-order valence-electron chi connectivity index (χ3n) is 0.704. The van der Waals surface area contributed by atoms with Crippen LogP contribution < -0.4 is 0 Å². The molecule has 0 spiro atoms. The Balaban J connectivity index is 3.38. The van der Waals surface area contributed by atoms with Gasteiger partial charge in [0.2, 0.25) is 0 Å². The molecule has 0 aliphatic rings. The van der Waals surface area contributed by atoms with Gasteiger partial charge in [0.15, 0.2) is 0 Å². The van der Waals surface area contributed by atoms with Crippen molar-refractivity contribution in [1.29, 1.82) is 0 Å². The van der Waals surface area contributed by atoms with Gasteiger partial charge >= 0.3 is 0 Å². The molecule has 0 saturated heterocycles. The zero-order valence-corrected chi connectivity index (χ0v) is 4.19. The maximum absolute atomic E-state index is 11.4. The molecule has 0 aromatic rings. The molecular formula is C4H8FNO. The first kappa shape index (κ1) is 6.40. The fourth-order valence-electron chi connectivity index (χ4n) is 0.192. The van der Waals surface area contributed by atoms with Crippen molar-refractivity contribution < 1.29 is 9.60 Å². The van der Waals surface area contributed by atoms with Gasteiger partial charge in [0.05, 0.1) is 5.71 Å². The highest BCUT2D eigenvalue weighted by Crippen LogP contribution is 1.83. The van der Waals surface area contributed by atoms with Gasteiger partial charge < -0.3 is 5.21 Å².